The van der Waals surface area contributed by atoms with Crippen LogP contribution in [0.25, 0.3) is 0 Å². The zero-order chi connectivity index (χ0) is 13.1. The van der Waals surface area contributed by atoms with Crippen LogP contribution in [-0.2, 0) is 6.42 Å². The first-order chi connectivity index (χ1) is 8.56. The molecule has 0 bridgehead atoms. The van der Waals surface area contributed by atoms with Gasteiger partial charge in [0.25, 0.3) is 0 Å². The van der Waals surface area contributed by atoms with E-state index < -0.39 is 0 Å². The molecule has 0 atom stereocenters. The van der Waals surface area contributed by atoms with Gasteiger partial charge in [0.05, 0.1) is 0 Å². The summed E-state index contributed by atoms with van der Waals surface area (Å²) < 4.78 is 13.3. The number of carbonyl (C=O) groups excluding carboxylic acids is 1. The minimum absolute atomic E-state index is 0.139. The maximum atomic E-state index is 13.3. The number of hydrogen-bond donors (Lipinski definition) is 1. The Morgan fingerprint density at radius 1 is 1.17 bits per heavy atom. The number of benzene rings is 2. The highest BCUT2D eigenvalue weighted by atomic mass is 19.1. The van der Waals surface area contributed by atoms with E-state index in [-0.39, 0.29) is 23.8 Å². The zero-order valence-corrected chi connectivity index (χ0v) is 9.98. The van der Waals surface area contributed by atoms with Crippen molar-refractivity contribution in [2.45, 2.75) is 13.3 Å². The summed E-state index contributed by atoms with van der Waals surface area (Å²) >= 11 is 0. The molecule has 92 valence electrons. The predicted molar refractivity (Wildman–Crippen MR) is 67.3 cm³/mol. The Kier molecular flexibility index (Phi) is 3.42. The molecule has 0 saturated heterocycles. The number of carbonyl (C=O) groups is 1. The standard InChI is InChI=1S/C15H13FO2/c1-10-2-5-12(9-14(10)16)15(18)8-11-3-6-13(17)7-4-11/h2-7,9,17H,8H2,1H3. The van der Waals surface area contributed by atoms with E-state index in [4.69, 9.17) is 5.11 Å². The van der Waals surface area contributed by atoms with Gasteiger partial charge >= 0.3 is 0 Å². The molecule has 0 aromatic heterocycles. The Labute approximate surface area is 105 Å². The second-order valence-electron chi connectivity index (χ2n) is 4.23. The third-order valence-corrected chi connectivity index (χ3v) is 2.79. The van der Waals surface area contributed by atoms with E-state index >= 15 is 0 Å². The smallest absolute Gasteiger partial charge is 0.167 e. The number of halogens is 1. The molecule has 0 aliphatic carbocycles. The number of aromatic hydroxyl groups is 1. The maximum Gasteiger partial charge on any atom is 0.167 e. The van der Waals surface area contributed by atoms with Gasteiger partial charge in [0.15, 0.2) is 5.78 Å². The van der Waals surface area contributed by atoms with Gasteiger partial charge in [-0.25, -0.2) is 4.39 Å². The molecule has 0 spiro atoms. The quantitative estimate of drug-likeness (QED) is 0.841. The predicted octanol–water partition coefficient (Wildman–Crippen LogP) is 3.27. The van der Waals surface area contributed by atoms with Crippen LogP contribution in [0.4, 0.5) is 4.39 Å². The fourth-order valence-corrected chi connectivity index (χ4v) is 1.67. The molecule has 0 unspecified atom stereocenters. The fraction of sp³-hybridized carbons (Fsp3) is 0.133. The minimum atomic E-state index is -0.369. The molecule has 0 fully saturated rings. The topological polar surface area (TPSA) is 37.3 Å². The molecule has 0 aliphatic rings. The molecule has 0 radical (unpaired) electrons. The van der Waals surface area contributed by atoms with E-state index in [0.29, 0.717) is 11.1 Å². The van der Waals surface area contributed by atoms with Crippen LogP contribution in [0, 0.1) is 12.7 Å². The molecule has 0 amide bonds. The number of ketones is 1. The summed E-state index contributed by atoms with van der Waals surface area (Å²) in [5.41, 5.74) is 1.68. The van der Waals surface area contributed by atoms with Crippen molar-refractivity contribution in [3.05, 3.63) is 65.0 Å². The van der Waals surface area contributed by atoms with Gasteiger partial charge in [-0.2, -0.15) is 0 Å². The number of phenols is 1. The number of hydrogen-bond acceptors (Lipinski definition) is 2. The Bertz CT molecular complexity index is 574. The second-order valence-corrected chi connectivity index (χ2v) is 4.23. The first-order valence-electron chi connectivity index (χ1n) is 5.63. The Balaban J connectivity index is 2.16. The number of Topliss-reactive ketones (excluding diaryl/α,β-unsaturated/α-hetero) is 1. The lowest BCUT2D eigenvalue weighted by Crippen LogP contribution is -2.04. The van der Waals surface area contributed by atoms with Gasteiger partial charge < -0.3 is 5.11 Å². The summed E-state index contributed by atoms with van der Waals surface area (Å²) in [6, 6.07) is 10.9. The highest BCUT2D eigenvalue weighted by Crippen LogP contribution is 2.14. The summed E-state index contributed by atoms with van der Waals surface area (Å²) in [4.78, 5) is 11.9. The van der Waals surface area contributed by atoms with E-state index in [1.54, 1.807) is 31.2 Å². The van der Waals surface area contributed by atoms with Crippen molar-refractivity contribution in [1.29, 1.82) is 0 Å². The summed E-state index contributed by atoms with van der Waals surface area (Å²) in [7, 11) is 0. The lowest BCUT2D eigenvalue weighted by atomic mass is 10.0. The molecule has 2 rings (SSSR count). The average Bonchev–Trinajstić information content (AvgIpc) is 2.35. The molecule has 3 heteroatoms. The van der Waals surface area contributed by atoms with Crippen LogP contribution in [0.3, 0.4) is 0 Å². The van der Waals surface area contributed by atoms with Crippen LogP contribution >= 0.6 is 0 Å². The maximum absolute atomic E-state index is 13.3. The summed E-state index contributed by atoms with van der Waals surface area (Å²) in [6.45, 7) is 1.66. The van der Waals surface area contributed by atoms with Crippen LogP contribution in [0.15, 0.2) is 42.5 Å². The lowest BCUT2D eigenvalue weighted by molar-refractivity contribution is 0.0992. The van der Waals surface area contributed by atoms with Crippen molar-refractivity contribution in [1.82, 2.24) is 0 Å². The van der Waals surface area contributed by atoms with Gasteiger partial charge in [-0.05, 0) is 36.2 Å². The third-order valence-electron chi connectivity index (χ3n) is 2.79. The van der Waals surface area contributed by atoms with Crippen molar-refractivity contribution in [3.8, 4) is 5.75 Å². The van der Waals surface area contributed by atoms with Crippen LogP contribution in [0.2, 0.25) is 0 Å². The summed E-state index contributed by atoms with van der Waals surface area (Å²) in [5, 5.41) is 9.14. The van der Waals surface area contributed by atoms with Gasteiger partial charge in [-0.15, -0.1) is 0 Å². The first kappa shape index (κ1) is 12.3. The average molecular weight is 244 g/mol. The molecule has 18 heavy (non-hydrogen) atoms. The molecule has 1 N–H and O–H groups in total. The van der Waals surface area contributed by atoms with E-state index in [1.807, 2.05) is 0 Å². The molecular formula is C15H13FO2. The number of aryl methyl sites for hydroxylation is 1. The van der Waals surface area contributed by atoms with E-state index in [9.17, 15) is 9.18 Å². The highest BCUT2D eigenvalue weighted by Gasteiger charge is 2.09. The van der Waals surface area contributed by atoms with Gasteiger partial charge in [0.1, 0.15) is 11.6 Å². The molecular weight excluding hydrogens is 231 g/mol. The van der Waals surface area contributed by atoms with Crippen molar-refractivity contribution < 1.29 is 14.3 Å². The Morgan fingerprint density at radius 3 is 2.44 bits per heavy atom. The van der Waals surface area contributed by atoms with Crippen molar-refractivity contribution in [2.75, 3.05) is 0 Å². The monoisotopic (exact) mass is 244 g/mol. The van der Waals surface area contributed by atoms with Crippen LogP contribution < -0.4 is 0 Å². The Hall–Kier alpha value is -2.16. The van der Waals surface area contributed by atoms with E-state index in [1.165, 1.54) is 18.2 Å². The summed E-state index contributed by atoms with van der Waals surface area (Å²) in [6.07, 6.45) is 0.197. The lowest BCUT2D eigenvalue weighted by Gasteiger charge is -2.03. The third kappa shape index (κ3) is 2.74. The first-order valence-corrected chi connectivity index (χ1v) is 5.63. The van der Waals surface area contributed by atoms with Crippen molar-refractivity contribution in [2.24, 2.45) is 0 Å². The molecule has 2 nitrogen and oxygen atoms in total. The zero-order valence-electron chi connectivity index (χ0n) is 9.98. The minimum Gasteiger partial charge on any atom is -0.508 e. The van der Waals surface area contributed by atoms with Crippen molar-refractivity contribution in [3.63, 3.8) is 0 Å². The SMILES string of the molecule is Cc1ccc(C(=O)Cc2ccc(O)cc2)cc1F. The summed E-state index contributed by atoms with van der Waals surface area (Å²) in [5.74, 6) is -0.348. The fourth-order valence-electron chi connectivity index (χ4n) is 1.67. The van der Waals surface area contributed by atoms with Gasteiger partial charge in [0, 0.05) is 12.0 Å². The molecule has 2 aromatic carbocycles. The Morgan fingerprint density at radius 2 is 1.83 bits per heavy atom. The largest absolute Gasteiger partial charge is 0.508 e. The molecule has 2 aromatic rings. The van der Waals surface area contributed by atoms with E-state index in [2.05, 4.69) is 0 Å². The second kappa shape index (κ2) is 5.00. The number of phenolic OH excluding ortho intramolecular Hbond substituents is 1. The van der Waals surface area contributed by atoms with Crippen LogP contribution in [0.1, 0.15) is 21.5 Å². The van der Waals surface area contributed by atoms with Gasteiger partial charge in [-0.3, -0.25) is 4.79 Å². The molecule has 0 heterocycles. The van der Waals surface area contributed by atoms with Gasteiger partial charge in [-0.1, -0.05) is 24.3 Å². The van der Waals surface area contributed by atoms with Crippen LogP contribution in [0.5, 0.6) is 5.75 Å². The molecule has 0 aliphatic heterocycles. The van der Waals surface area contributed by atoms with E-state index in [0.717, 1.165) is 5.56 Å². The van der Waals surface area contributed by atoms with Crippen LogP contribution in [-0.4, -0.2) is 10.9 Å². The number of rotatable bonds is 3. The van der Waals surface area contributed by atoms with Gasteiger partial charge in [0.2, 0.25) is 0 Å². The molecule has 0 saturated carbocycles. The van der Waals surface area contributed by atoms with Crippen molar-refractivity contribution >= 4 is 5.78 Å². The normalized spacial score (nSPS) is 10.3. The highest BCUT2D eigenvalue weighted by molar-refractivity contribution is 5.97.